The first-order valence-corrected chi connectivity index (χ1v) is 9.01. The number of methoxy groups -OCH3 is 1. The summed E-state index contributed by atoms with van der Waals surface area (Å²) in [5.41, 5.74) is 4.70. The number of rotatable bonds is 2. The normalized spacial score (nSPS) is 17.9. The zero-order valence-electron chi connectivity index (χ0n) is 15.8. The number of fused-ring (bicyclic) bond motifs is 1. The van der Waals surface area contributed by atoms with Gasteiger partial charge >= 0.3 is 0 Å². The van der Waals surface area contributed by atoms with E-state index in [-0.39, 0.29) is 16.0 Å². The summed E-state index contributed by atoms with van der Waals surface area (Å²) < 4.78 is 20.6. The Morgan fingerprint density at radius 3 is 2.44 bits per heavy atom. The molecule has 0 unspecified atom stereocenters. The van der Waals surface area contributed by atoms with Crippen molar-refractivity contribution in [2.24, 2.45) is 0 Å². The minimum absolute atomic E-state index is 0.0358. The van der Waals surface area contributed by atoms with Crippen molar-refractivity contribution in [2.75, 3.05) is 7.11 Å². The molecule has 0 aliphatic heterocycles. The fraction of sp³-hybridized carbons (Fsp3) is 0.476. The highest BCUT2D eigenvalue weighted by molar-refractivity contribution is 6.29. The van der Waals surface area contributed by atoms with Crippen LogP contribution in [-0.4, -0.2) is 12.1 Å². The molecule has 1 aliphatic rings. The van der Waals surface area contributed by atoms with Crippen LogP contribution in [0.25, 0.3) is 11.1 Å². The van der Waals surface area contributed by atoms with Crippen LogP contribution in [0.4, 0.5) is 4.39 Å². The number of hydrogen-bond donors (Lipinski definition) is 0. The maximum absolute atomic E-state index is 14.7. The molecule has 0 atom stereocenters. The van der Waals surface area contributed by atoms with Crippen LogP contribution < -0.4 is 4.74 Å². The molecule has 1 heterocycles. The Labute approximate surface area is 154 Å². The van der Waals surface area contributed by atoms with Crippen molar-refractivity contribution in [2.45, 2.75) is 58.3 Å². The van der Waals surface area contributed by atoms with Crippen LogP contribution in [0.1, 0.15) is 57.2 Å². The lowest BCUT2D eigenvalue weighted by Crippen LogP contribution is -2.34. The molecule has 1 aromatic heterocycles. The number of aryl methyl sites for hydroxylation is 1. The minimum atomic E-state index is -0.501. The van der Waals surface area contributed by atoms with E-state index in [0.29, 0.717) is 5.56 Å². The van der Waals surface area contributed by atoms with Crippen LogP contribution >= 0.6 is 11.6 Å². The van der Waals surface area contributed by atoms with E-state index in [1.165, 1.54) is 17.3 Å². The first-order valence-electron chi connectivity index (χ1n) is 8.63. The molecule has 0 spiro atoms. The van der Waals surface area contributed by atoms with Crippen LogP contribution in [0.2, 0.25) is 5.15 Å². The third-order valence-electron chi connectivity index (χ3n) is 5.58. The van der Waals surface area contributed by atoms with Gasteiger partial charge in [-0.1, -0.05) is 45.4 Å². The second-order valence-electron chi connectivity index (χ2n) is 8.26. The molecule has 0 N–H and O–H groups in total. The van der Waals surface area contributed by atoms with Crippen molar-refractivity contribution in [3.63, 3.8) is 0 Å². The lowest BCUT2D eigenvalue weighted by molar-refractivity contribution is 0.312. The van der Waals surface area contributed by atoms with Gasteiger partial charge in [-0.3, -0.25) is 0 Å². The number of nitrogens with zero attached hydrogens (tertiary/aromatic N) is 1. The van der Waals surface area contributed by atoms with Crippen LogP contribution in [0.15, 0.2) is 18.3 Å². The van der Waals surface area contributed by atoms with Crippen molar-refractivity contribution >= 4 is 11.6 Å². The number of halogens is 2. The number of pyridine rings is 1. The van der Waals surface area contributed by atoms with Gasteiger partial charge in [0.1, 0.15) is 5.75 Å². The third kappa shape index (κ3) is 2.83. The Kier molecular flexibility index (Phi) is 4.35. The van der Waals surface area contributed by atoms with Gasteiger partial charge in [0.2, 0.25) is 0 Å². The van der Waals surface area contributed by atoms with Gasteiger partial charge in [0.15, 0.2) is 11.0 Å². The molecule has 25 heavy (non-hydrogen) atoms. The van der Waals surface area contributed by atoms with E-state index in [2.05, 4.69) is 38.7 Å². The van der Waals surface area contributed by atoms with E-state index in [4.69, 9.17) is 16.3 Å². The third-order valence-corrected chi connectivity index (χ3v) is 5.84. The summed E-state index contributed by atoms with van der Waals surface area (Å²) in [5.74, 6) is 0.257. The maximum atomic E-state index is 14.7. The molecule has 1 aliphatic carbocycles. The molecule has 0 amide bonds. The number of hydrogen-bond acceptors (Lipinski definition) is 2. The van der Waals surface area contributed by atoms with Gasteiger partial charge in [-0.25, -0.2) is 9.37 Å². The molecular formula is C21H25ClFNO. The molecule has 0 bridgehead atoms. The highest BCUT2D eigenvalue weighted by Crippen LogP contribution is 2.53. The van der Waals surface area contributed by atoms with E-state index in [0.717, 1.165) is 29.7 Å². The lowest BCUT2D eigenvalue weighted by atomic mass is 9.62. The predicted octanol–water partition coefficient (Wildman–Crippen LogP) is 6.21. The Morgan fingerprint density at radius 1 is 1.16 bits per heavy atom. The molecular weight excluding hydrogens is 337 g/mol. The standard InChI is InChI=1S/C21H25ClFNO/c1-12-11-14-16(21(4,5)9-8-20(14,2)3)18(25-6)15(12)13-7-10-24-19(22)17(13)23/h7,10-11H,8-9H2,1-6H3. The van der Waals surface area contributed by atoms with Crippen LogP contribution in [-0.2, 0) is 10.8 Å². The summed E-state index contributed by atoms with van der Waals surface area (Å²) in [5, 5.41) is -0.115. The largest absolute Gasteiger partial charge is 0.496 e. The second kappa shape index (κ2) is 5.98. The summed E-state index contributed by atoms with van der Waals surface area (Å²) in [4.78, 5) is 3.84. The first kappa shape index (κ1) is 18.2. The summed E-state index contributed by atoms with van der Waals surface area (Å²) >= 11 is 5.93. The zero-order valence-corrected chi connectivity index (χ0v) is 16.5. The quantitative estimate of drug-likeness (QED) is 0.593. The predicted molar refractivity (Wildman–Crippen MR) is 101 cm³/mol. The van der Waals surface area contributed by atoms with Gasteiger partial charge in [-0.05, 0) is 47.8 Å². The maximum Gasteiger partial charge on any atom is 0.168 e. The van der Waals surface area contributed by atoms with Gasteiger partial charge in [-0.2, -0.15) is 0 Å². The summed E-state index contributed by atoms with van der Waals surface area (Å²) in [6, 6.07) is 3.86. The van der Waals surface area contributed by atoms with Crippen molar-refractivity contribution in [3.05, 3.63) is 46.0 Å². The minimum Gasteiger partial charge on any atom is -0.496 e. The Bertz CT molecular complexity index is 842. The molecule has 2 nitrogen and oxygen atoms in total. The average Bonchev–Trinajstić information content (AvgIpc) is 2.54. The van der Waals surface area contributed by atoms with E-state index in [1.807, 2.05) is 6.92 Å². The van der Waals surface area contributed by atoms with Crippen LogP contribution in [0, 0.1) is 12.7 Å². The van der Waals surface area contributed by atoms with Crippen molar-refractivity contribution in [3.8, 4) is 16.9 Å². The van der Waals surface area contributed by atoms with Gasteiger partial charge in [-0.15, -0.1) is 0 Å². The zero-order chi connectivity index (χ0) is 18.6. The molecule has 4 heteroatoms. The fourth-order valence-electron chi connectivity index (χ4n) is 4.03. The molecule has 2 aromatic rings. The monoisotopic (exact) mass is 361 g/mol. The average molecular weight is 362 g/mol. The smallest absolute Gasteiger partial charge is 0.168 e. The van der Waals surface area contributed by atoms with E-state index in [1.54, 1.807) is 13.2 Å². The summed E-state index contributed by atoms with van der Waals surface area (Å²) in [6.45, 7) is 11.0. The SMILES string of the molecule is COc1c(-c2ccnc(Cl)c2F)c(C)cc2c1C(C)(C)CCC2(C)C. The van der Waals surface area contributed by atoms with E-state index < -0.39 is 5.82 Å². The summed E-state index contributed by atoms with van der Waals surface area (Å²) in [7, 11) is 1.66. The fourth-order valence-corrected chi connectivity index (χ4v) is 4.19. The number of ether oxygens (including phenoxy) is 1. The molecule has 0 saturated heterocycles. The highest BCUT2D eigenvalue weighted by atomic mass is 35.5. The first-order chi connectivity index (χ1) is 11.6. The number of aromatic nitrogens is 1. The topological polar surface area (TPSA) is 22.1 Å². The molecule has 134 valence electrons. The molecule has 0 fully saturated rings. The van der Waals surface area contributed by atoms with Crippen molar-refractivity contribution in [1.29, 1.82) is 0 Å². The van der Waals surface area contributed by atoms with Crippen LogP contribution in [0.3, 0.4) is 0 Å². The van der Waals surface area contributed by atoms with E-state index >= 15 is 0 Å². The Hall–Kier alpha value is -1.61. The van der Waals surface area contributed by atoms with Crippen molar-refractivity contribution < 1.29 is 9.13 Å². The Balaban J connectivity index is 2.42. The number of benzene rings is 1. The van der Waals surface area contributed by atoms with Gasteiger partial charge < -0.3 is 4.74 Å². The molecule has 0 radical (unpaired) electrons. The van der Waals surface area contributed by atoms with Gasteiger partial charge in [0.25, 0.3) is 0 Å². The van der Waals surface area contributed by atoms with Gasteiger partial charge in [0.05, 0.1) is 7.11 Å². The van der Waals surface area contributed by atoms with Crippen LogP contribution in [0.5, 0.6) is 5.75 Å². The highest BCUT2D eigenvalue weighted by Gasteiger charge is 2.40. The van der Waals surface area contributed by atoms with Crippen molar-refractivity contribution in [1.82, 2.24) is 4.98 Å². The lowest BCUT2D eigenvalue weighted by Gasteiger charge is -2.43. The van der Waals surface area contributed by atoms with Gasteiger partial charge in [0, 0.05) is 22.9 Å². The van der Waals surface area contributed by atoms with E-state index in [9.17, 15) is 4.39 Å². The summed E-state index contributed by atoms with van der Waals surface area (Å²) in [6.07, 6.45) is 3.71. The Morgan fingerprint density at radius 2 is 1.80 bits per heavy atom. The molecule has 3 rings (SSSR count). The molecule has 1 aromatic carbocycles. The second-order valence-corrected chi connectivity index (χ2v) is 8.61. The molecule has 0 saturated carbocycles.